The monoisotopic (exact) mass is 293 g/mol. The van der Waals surface area contributed by atoms with Crippen LogP contribution >= 0.6 is 39.3 Å². The standard InChI is InChI=1S/C10H13BrClNS/c1-14-5-4-13-7-8-2-3-9(11)6-10(8)12/h2-3,6,13H,4-5,7H2,1H3. The van der Waals surface area contributed by atoms with E-state index >= 15 is 0 Å². The van der Waals surface area contributed by atoms with E-state index in [-0.39, 0.29) is 0 Å². The Morgan fingerprint density at radius 2 is 2.29 bits per heavy atom. The van der Waals surface area contributed by atoms with E-state index in [1.165, 1.54) is 0 Å². The maximum Gasteiger partial charge on any atom is 0.0462 e. The highest BCUT2D eigenvalue weighted by Crippen LogP contribution is 2.20. The van der Waals surface area contributed by atoms with Gasteiger partial charge in [-0.2, -0.15) is 11.8 Å². The molecule has 14 heavy (non-hydrogen) atoms. The molecular weight excluding hydrogens is 282 g/mol. The highest BCUT2D eigenvalue weighted by Gasteiger charge is 1.99. The van der Waals surface area contributed by atoms with Crippen LogP contribution in [0.15, 0.2) is 22.7 Å². The molecule has 0 unspecified atom stereocenters. The van der Waals surface area contributed by atoms with Gasteiger partial charge >= 0.3 is 0 Å². The van der Waals surface area contributed by atoms with E-state index in [9.17, 15) is 0 Å². The molecule has 0 aliphatic carbocycles. The SMILES string of the molecule is CSCCNCc1ccc(Br)cc1Cl. The van der Waals surface area contributed by atoms with Gasteiger partial charge in [-0.3, -0.25) is 0 Å². The number of nitrogens with one attached hydrogen (secondary N) is 1. The third-order valence-electron chi connectivity index (χ3n) is 1.81. The van der Waals surface area contributed by atoms with Gasteiger partial charge < -0.3 is 5.32 Å². The number of halogens is 2. The molecule has 0 atom stereocenters. The summed E-state index contributed by atoms with van der Waals surface area (Å²) in [6.45, 7) is 1.86. The quantitative estimate of drug-likeness (QED) is 0.834. The Kier molecular flexibility index (Phi) is 5.94. The molecule has 0 saturated heterocycles. The Morgan fingerprint density at radius 3 is 2.93 bits per heavy atom. The first-order valence-electron chi connectivity index (χ1n) is 4.37. The fourth-order valence-corrected chi connectivity index (χ4v) is 2.15. The molecule has 0 aliphatic rings. The molecule has 4 heteroatoms. The minimum atomic E-state index is 0.816. The minimum Gasteiger partial charge on any atom is -0.312 e. The maximum atomic E-state index is 6.07. The number of hydrogen-bond donors (Lipinski definition) is 1. The fourth-order valence-electron chi connectivity index (χ4n) is 1.06. The third kappa shape index (κ3) is 4.22. The molecule has 1 N–H and O–H groups in total. The first-order valence-corrected chi connectivity index (χ1v) is 6.94. The lowest BCUT2D eigenvalue weighted by Crippen LogP contribution is -2.16. The topological polar surface area (TPSA) is 12.0 Å². The van der Waals surface area contributed by atoms with Gasteiger partial charge in [-0.25, -0.2) is 0 Å². The zero-order chi connectivity index (χ0) is 10.4. The minimum absolute atomic E-state index is 0.816. The van der Waals surface area contributed by atoms with Crippen LogP contribution in [0.1, 0.15) is 5.56 Å². The summed E-state index contributed by atoms with van der Waals surface area (Å²) >= 11 is 11.3. The molecule has 0 heterocycles. The van der Waals surface area contributed by atoms with E-state index in [4.69, 9.17) is 11.6 Å². The van der Waals surface area contributed by atoms with Crippen molar-refractivity contribution in [3.8, 4) is 0 Å². The van der Waals surface area contributed by atoms with Gasteiger partial charge in [0.2, 0.25) is 0 Å². The van der Waals surface area contributed by atoms with Gasteiger partial charge in [0, 0.05) is 28.3 Å². The van der Waals surface area contributed by atoms with Crippen molar-refractivity contribution in [2.24, 2.45) is 0 Å². The van der Waals surface area contributed by atoms with Crippen LogP contribution in [0.5, 0.6) is 0 Å². The normalized spacial score (nSPS) is 10.5. The van der Waals surface area contributed by atoms with Crippen LogP contribution in [0.3, 0.4) is 0 Å². The van der Waals surface area contributed by atoms with E-state index in [1.54, 1.807) is 0 Å². The van der Waals surface area contributed by atoms with Crippen molar-refractivity contribution in [1.82, 2.24) is 5.32 Å². The molecule has 0 fully saturated rings. The van der Waals surface area contributed by atoms with Crippen LogP contribution in [0, 0.1) is 0 Å². The Balaban J connectivity index is 2.42. The van der Waals surface area contributed by atoms with Gasteiger partial charge in [-0.05, 0) is 24.0 Å². The zero-order valence-electron chi connectivity index (χ0n) is 8.02. The molecule has 0 saturated carbocycles. The molecule has 0 aliphatic heterocycles. The van der Waals surface area contributed by atoms with Crippen LogP contribution < -0.4 is 5.32 Å². The molecule has 0 bridgehead atoms. The van der Waals surface area contributed by atoms with Crippen LogP contribution in [-0.4, -0.2) is 18.6 Å². The third-order valence-corrected chi connectivity index (χ3v) is 3.27. The predicted octanol–water partition coefficient (Wildman–Crippen LogP) is 3.56. The van der Waals surface area contributed by atoms with Gasteiger partial charge in [0.1, 0.15) is 0 Å². The Morgan fingerprint density at radius 1 is 1.50 bits per heavy atom. The summed E-state index contributed by atoms with van der Waals surface area (Å²) in [5, 5.41) is 4.16. The van der Waals surface area contributed by atoms with E-state index in [0.717, 1.165) is 33.9 Å². The summed E-state index contributed by atoms with van der Waals surface area (Å²) in [4.78, 5) is 0. The largest absolute Gasteiger partial charge is 0.312 e. The second-order valence-electron chi connectivity index (χ2n) is 2.91. The summed E-state index contributed by atoms with van der Waals surface area (Å²) in [7, 11) is 0. The van der Waals surface area contributed by atoms with Gasteiger partial charge in [-0.15, -0.1) is 0 Å². The lowest BCUT2D eigenvalue weighted by atomic mass is 10.2. The molecule has 1 rings (SSSR count). The smallest absolute Gasteiger partial charge is 0.0462 e. The summed E-state index contributed by atoms with van der Waals surface area (Å²) in [5.74, 6) is 1.13. The van der Waals surface area contributed by atoms with Crippen LogP contribution in [0.4, 0.5) is 0 Å². The number of hydrogen-bond acceptors (Lipinski definition) is 2. The maximum absolute atomic E-state index is 6.07. The van der Waals surface area contributed by atoms with Crippen molar-refractivity contribution in [1.29, 1.82) is 0 Å². The molecule has 0 radical (unpaired) electrons. The van der Waals surface area contributed by atoms with E-state index in [0.29, 0.717) is 0 Å². The number of benzene rings is 1. The van der Waals surface area contributed by atoms with Gasteiger partial charge in [0.15, 0.2) is 0 Å². The van der Waals surface area contributed by atoms with Gasteiger partial charge in [-0.1, -0.05) is 33.6 Å². The molecule has 0 amide bonds. The second kappa shape index (κ2) is 6.72. The van der Waals surface area contributed by atoms with E-state index < -0.39 is 0 Å². The average molecular weight is 295 g/mol. The number of rotatable bonds is 5. The van der Waals surface area contributed by atoms with Crippen molar-refractivity contribution in [3.63, 3.8) is 0 Å². The fraction of sp³-hybridized carbons (Fsp3) is 0.400. The second-order valence-corrected chi connectivity index (χ2v) is 5.21. The summed E-state index contributed by atoms with van der Waals surface area (Å²) < 4.78 is 1.02. The first kappa shape index (κ1) is 12.4. The van der Waals surface area contributed by atoms with Crippen LogP contribution in [0.25, 0.3) is 0 Å². The van der Waals surface area contributed by atoms with Gasteiger partial charge in [0.25, 0.3) is 0 Å². The Hall–Kier alpha value is 0.300. The van der Waals surface area contributed by atoms with Crippen molar-refractivity contribution in [2.45, 2.75) is 6.54 Å². The number of thioether (sulfide) groups is 1. The lowest BCUT2D eigenvalue weighted by Gasteiger charge is -2.06. The predicted molar refractivity (Wildman–Crippen MR) is 69.2 cm³/mol. The molecule has 1 aromatic carbocycles. The highest BCUT2D eigenvalue weighted by atomic mass is 79.9. The van der Waals surface area contributed by atoms with Crippen LogP contribution in [-0.2, 0) is 6.54 Å². The first-order chi connectivity index (χ1) is 6.74. The van der Waals surface area contributed by atoms with E-state index in [1.807, 2.05) is 30.0 Å². The summed E-state index contributed by atoms with van der Waals surface area (Å²) in [6, 6.07) is 5.98. The summed E-state index contributed by atoms with van der Waals surface area (Å²) in [5.41, 5.74) is 1.15. The average Bonchev–Trinajstić information content (AvgIpc) is 2.15. The molecule has 1 nitrogen and oxygen atoms in total. The van der Waals surface area contributed by atoms with Crippen molar-refractivity contribution in [3.05, 3.63) is 33.3 Å². The Labute approximate surface area is 103 Å². The highest BCUT2D eigenvalue weighted by molar-refractivity contribution is 9.10. The van der Waals surface area contributed by atoms with Gasteiger partial charge in [0.05, 0.1) is 0 Å². The van der Waals surface area contributed by atoms with Crippen molar-refractivity contribution < 1.29 is 0 Å². The van der Waals surface area contributed by atoms with Crippen molar-refractivity contribution >= 4 is 39.3 Å². The van der Waals surface area contributed by atoms with Crippen molar-refractivity contribution in [2.75, 3.05) is 18.6 Å². The Bertz CT molecular complexity index is 293. The lowest BCUT2D eigenvalue weighted by molar-refractivity contribution is 0.732. The molecule has 0 spiro atoms. The summed E-state index contributed by atoms with van der Waals surface area (Å²) in [6.07, 6.45) is 2.11. The van der Waals surface area contributed by atoms with E-state index in [2.05, 4.69) is 27.5 Å². The van der Waals surface area contributed by atoms with Crippen LogP contribution in [0.2, 0.25) is 5.02 Å². The molecule has 1 aromatic rings. The molecular formula is C10H13BrClNS. The zero-order valence-corrected chi connectivity index (χ0v) is 11.2. The molecule has 78 valence electrons. The molecule has 0 aromatic heterocycles.